The van der Waals surface area contributed by atoms with Crippen LogP contribution < -0.4 is 5.32 Å². The maximum atomic E-state index is 12.0. The Morgan fingerprint density at radius 1 is 1.32 bits per heavy atom. The number of amides is 1. The highest BCUT2D eigenvalue weighted by Gasteiger charge is 2.13. The van der Waals surface area contributed by atoms with Gasteiger partial charge in [0.05, 0.1) is 6.54 Å². The van der Waals surface area contributed by atoms with E-state index in [-0.39, 0.29) is 5.91 Å². The van der Waals surface area contributed by atoms with Gasteiger partial charge in [0.25, 0.3) is 5.91 Å². The Bertz CT molecular complexity index is 417. The molecule has 0 aliphatic rings. The standard InChI is InChI=1S/C14H20ClNO3/c1-4-18-13(19-5-2)9-16-14(17)12-8-11(15)7-6-10(12)3/h6-8,13H,4-5,9H2,1-3H3,(H,16,17). The van der Waals surface area contributed by atoms with Crippen molar-refractivity contribution in [1.82, 2.24) is 5.32 Å². The highest BCUT2D eigenvalue weighted by molar-refractivity contribution is 6.31. The lowest BCUT2D eigenvalue weighted by atomic mass is 10.1. The number of ether oxygens (including phenoxy) is 2. The molecule has 0 saturated heterocycles. The summed E-state index contributed by atoms with van der Waals surface area (Å²) >= 11 is 5.89. The topological polar surface area (TPSA) is 47.6 Å². The van der Waals surface area contributed by atoms with Gasteiger partial charge in [0.1, 0.15) is 0 Å². The maximum Gasteiger partial charge on any atom is 0.251 e. The molecule has 0 bridgehead atoms. The van der Waals surface area contributed by atoms with E-state index in [0.717, 1.165) is 5.56 Å². The average molecular weight is 286 g/mol. The minimum Gasteiger partial charge on any atom is -0.351 e. The van der Waals surface area contributed by atoms with Crippen molar-refractivity contribution in [1.29, 1.82) is 0 Å². The fourth-order valence-electron chi connectivity index (χ4n) is 1.65. The SMILES string of the molecule is CCOC(CNC(=O)c1cc(Cl)ccc1C)OCC. The molecule has 0 spiro atoms. The Balaban J connectivity index is 2.61. The fraction of sp³-hybridized carbons (Fsp3) is 0.500. The summed E-state index contributed by atoms with van der Waals surface area (Å²) in [5, 5.41) is 3.33. The summed E-state index contributed by atoms with van der Waals surface area (Å²) in [5.74, 6) is -0.176. The zero-order chi connectivity index (χ0) is 14.3. The molecule has 0 aliphatic heterocycles. The molecule has 0 saturated carbocycles. The first-order valence-corrected chi connectivity index (χ1v) is 6.73. The quantitative estimate of drug-likeness (QED) is 0.784. The summed E-state index contributed by atoms with van der Waals surface area (Å²) in [5.41, 5.74) is 1.45. The molecule has 4 nitrogen and oxygen atoms in total. The monoisotopic (exact) mass is 285 g/mol. The molecule has 0 atom stereocenters. The molecule has 0 heterocycles. The van der Waals surface area contributed by atoms with Crippen molar-refractivity contribution in [2.75, 3.05) is 19.8 Å². The minimum absolute atomic E-state index is 0.176. The van der Waals surface area contributed by atoms with Crippen LogP contribution in [0.2, 0.25) is 5.02 Å². The Hall–Kier alpha value is -1.10. The first-order chi connectivity index (χ1) is 9.08. The predicted molar refractivity (Wildman–Crippen MR) is 75.6 cm³/mol. The number of carbonyl (C=O) groups is 1. The summed E-state index contributed by atoms with van der Waals surface area (Å²) < 4.78 is 10.7. The Morgan fingerprint density at radius 2 is 1.95 bits per heavy atom. The Kier molecular flexibility index (Phi) is 6.84. The van der Waals surface area contributed by atoms with Crippen molar-refractivity contribution in [3.63, 3.8) is 0 Å². The Labute approximate surface area is 119 Å². The molecule has 5 heteroatoms. The van der Waals surface area contributed by atoms with Crippen LogP contribution in [0.3, 0.4) is 0 Å². The van der Waals surface area contributed by atoms with Crippen LogP contribution >= 0.6 is 11.6 Å². The molecule has 1 aromatic rings. The second-order valence-electron chi connectivity index (χ2n) is 4.01. The number of benzene rings is 1. The normalized spacial score (nSPS) is 10.8. The van der Waals surface area contributed by atoms with Gasteiger partial charge in [0.2, 0.25) is 0 Å². The van der Waals surface area contributed by atoms with Crippen LogP contribution in [-0.2, 0) is 9.47 Å². The molecule has 0 fully saturated rings. The van der Waals surface area contributed by atoms with Crippen molar-refractivity contribution in [2.24, 2.45) is 0 Å². The maximum absolute atomic E-state index is 12.0. The van der Waals surface area contributed by atoms with E-state index in [1.54, 1.807) is 12.1 Å². The molecule has 1 amide bonds. The van der Waals surface area contributed by atoms with Gasteiger partial charge in [0, 0.05) is 23.8 Å². The number of nitrogens with one attached hydrogen (secondary N) is 1. The number of halogens is 1. The number of hydrogen-bond donors (Lipinski definition) is 1. The molecule has 1 N–H and O–H groups in total. The van der Waals surface area contributed by atoms with Gasteiger partial charge in [-0.05, 0) is 38.5 Å². The number of carbonyl (C=O) groups excluding carboxylic acids is 1. The summed E-state index contributed by atoms with van der Waals surface area (Å²) in [6.07, 6.45) is -0.418. The average Bonchev–Trinajstić information content (AvgIpc) is 2.39. The highest BCUT2D eigenvalue weighted by Crippen LogP contribution is 2.15. The predicted octanol–water partition coefficient (Wildman–Crippen LogP) is 2.78. The van der Waals surface area contributed by atoms with Gasteiger partial charge >= 0.3 is 0 Å². The van der Waals surface area contributed by atoms with Gasteiger partial charge in [-0.2, -0.15) is 0 Å². The van der Waals surface area contributed by atoms with Crippen LogP contribution in [0.5, 0.6) is 0 Å². The van der Waals surface area contributed by atoms with Gasteiger partial charge in [-0.15, -0.1) is 0 Å². The lowest BCUT2D eigenvalue weighted by Crippen LogP contribution is -2.35. The lowest BCUT2D eigenvalue weighted by molar-refractivity contribution is -0.131. The third-order valence-corrected chi connectivity index (χ3v) is 2.81. The number of hydrogen-bond acceptors (Lipinski definition) is 3. The molecular weight excluding hydrogens is 266 g/mol. The molecule has 0 aliphatic carbocycles. The fourth-order valence-corrected chi connectivity index (χ4v) is 1.82. The zero-order valence-electron chi connectivity index (χ0n) is 11.5. The van der Waals surface area contributed by atoms with E-state index in [1.165, 1.54) is 0 Å². The van der Waals surface area contributed by atoms with Crippen molar-refractivity contribution in [3.8, 4) is 0 Å². The second kappa shape index (κ2) is 8.15. The van der Waals surface area contributed by atoms with Gasteiger partial charge in [-0.1, -0.05) is 17.7 Å². The highest BCUT2D eigenvalue weighted by atomic mass is 35.5. The van der Waals surface area contributed by atoms with Crippen molar-refractivity contribution in [3.05, 3.63) is 34.3 Å². The van der Waals surface area contributed by atoms with Gasteiger partial charge in [-0.25, -0.2) is 0 Å². The summed E-state index contributed by atoms with van der Waals surface area (Å²) in [6, 6.07) is 5.24. The van der Waals surface area contributed by atoms with Crippen molar-refractivity contribution >= 4 is 17.5 Å². The van der Waals surface area contributed by atoms with Crippen LogP contribution in [0.15, 0.2) is 18.2 Å². The smallest absolute Gasteiger partial charge is 0.251 e. The van der Waals surface area contributed by atoms with E-state index in [9.17, 15) is 4.79 Å². The van der Waals surface area contributed by atoms with Gasteiger partial charge < -0.3 is 14.8 Å². The first kappa shape index (κ1) is 16.0. The van der Waals surface area contributed by atoms with E-state index in [4.69, 9.17) is 21.1 Å². The number of rotatable bonds is 7. The zero-order valence-corrected chi connectivity index (χ0v) is 12.3. The number of aryl methyl sites for hydroxylation is 1. The molecular formula is C14H20ClNO3. The molecule has 0 aromatic heterocycles. The third kappa shape index (κ3) is 5.19. The van der Waals surface area contributed by atoms with E-state index in [0.29, 0.717) is 30.3 Å². The Morgan fingerprint density at radius 3 is 2.53 bits per heavy atom. The first-order valence-electron chi connectivity index (χ1n) is 6.36. The van der Waals surface area contributed by atoms with E-state index >= 15 is 0 Å². The van der Waals surface area contributed by atoms with Crippen molar-refractivity contribution < 1.29 is 14.3 Å². The molecule has 0 radical (unpaired) electrons. The molecule has 19 heavy (non-hydrogen) atoms. The summed E-state index contributed by atoms with van der Waals surface area (Å²) in [6.45, 7) is 7.03. The lowest BCUT2D eigenvalue weighted by Gasteiger charge is -2.17. The molecule has 1 rings (SSSR count). The summed E-state index contributed by atoms with van der Waals surface area (Å²) in [7, 11) is 0. The summed E-state index contributed by atoms with van der Waals surface area (Å²) in [4.78, 5) is 12.0. The molecule has 0 unspecified atom stereocenters. The third-order valence-electron chi connectivity index (χ3n) is 2.58. The van der Waals surface area contributed by atoms with Gasteiger partial charge in [-0.3, -0.25) is 4.79 Å². The minimum atomic E-state index is -0.418. The molecule has 1 aromatic carbocycles. The van der Waals surface area contributed by atoms with Crippen LogP contribution in [0, 0.1) is 6.92 Å². The van der Waals surface area contributed by atoms with E-state index in [2.05, 4.69) is 5.32 Å². The van der Waals surface area contributed by atoms with Crippen molar-refractivity contribution in [2.45, 2.75) is 27.1 Å². The largest absolute Gasteiger partial charge is 0.351 e. The second-order valence-corrected chi connectivity index (χ2v) is 4.45. The molecule has 106 valence electrons. The van der Waals surface area contributed by atoms with Crippen LogP contribution in [0.1, 0.15) is 29.8 Å². The van der Waals surface area contributed by atoms with Crippen LogP contribution in [0.25, 0.3) is 0 Å². The van der Waals surface area contributed by atoms with E-state index in [1.807, 2.05) is 26.8 Å². The van der Waals surface area contributed by atoms with Crippen LogP contribution in [0.4, 0.5) is 0 Å². The van der Waals surface area contributed by atoms with Gasteiger partial charge in [0.15, 0.2) is 6.29 Å². The van der Waals surface area contributed by atoms with Crippen LogP contribution in [-0.4, -0.2) is 32.0 Å². The van der Waals surface area contributed by atoms with E-state index < -0.39 is 6.29 Å².